The molecule has 1 rings (SSSR count). The molecular formula is C16H21N3O7. The average Bonchev–Trinajstić information content (AvgIpc) is 2.58. The van der Waals surface area contributed by atoms with Crippen molar-refractivity contribution in [2.24, 2.45) is 5.73 Å². The second-order valence-electron chi connectivity index (χ2n) is 5.54. The third-order valence-corrected chi connectivity index (χ3v) is 3.44. The van der Waals surface area contributed by atoms with E-state index < -0.39 is 54.9 Å². The molecule has 0 aliphatic heterocycles. The number of aliphatic carboxylic acids is 2. The van der Waals surface area contributed by atoms with Crippen LogP contribution in [0.1, 0.15) is 12.0 Å². The Balaban J connectivity index is 2.66. The lowest BCUT2D eigenvalue weighted by molar-refractivity contribution is -0.147. The summed E-state index contributed by atoms with van der Waals surface area (Å²) in [6, 6.07) is 4.76. The fourth-order valence-electron chi connectivity index (χ4n) is 2.08. The van der Waals surface area contributed by atoms with Gasteiger partial charge in [0.15, 0.2) is 0 Å². The predicted molar refractivity (Wildman–Crippen MR) is 89.0 cm³/mol. The third kappa shape index (κ3) is 6.87. The smallest absolute Gasteiger partial charge is 0.326 e. The summed E-state index contributed by atoms with van der Waals surface area (Å²) in [6.45, 7) is -0.810. The molecule has 142 valence electrons. The largest absolute Gasteiger partial charge is 0.481 e. The van der Waals surface area contributed by atoms with Crippen molar-refractivity contribution in [1.82, 2.24) is 10.6 Å². The zero-order valence-corrected chi connectivity index (χ0v) is 13.8. The molecule has 10 heteroatoms. The molecule has 3 atom stereocenters. The van der Waals surface area contributed by atoms with Crippen molar-refractivity contribution in [2.45, 2.75) is 31.0 Å². The fraction of sp³-hybridized carbons (Fsp3) is 0.375. The molecule has 0 fully saturated rings. The molecule has 0 heterocycles. The number of aliphatic hydroxyl groups is 1. The van der Waals surface area contributed by atoms with Gasteiger partial charge in [-0.2, -0.15) is 0 Å². The van der Waals surface area contributed by atoms with Crippen LogP contribution < -0.4 is 16.4 Å². The first-order valence-corrected chi connectivity index (χ1v) is 7.70. The number of carbonyl (C=O) groups excluding carboxylic acids is 2. The second-order valence-corrected chi connectivity index (χ2v) is 5.54. The lowest BCUT2D eigenvalue weighted by Crippen LogP contribution is -2.56. The van der Waals surface area contributed by atoms with Crippen molar-refractivity contribution in [3.05, 3.63) is 35.9 Å². The van der Waals surface area contributed by atoms with Gasteiger partial charge in [-0.1, -0.05) is 30.3 Å². The van der Waals surface area contributed by atoms with E-state index in [1.54, 1.807) is 30.3 Å². The summed E-state index contributed by atoms with van der Waals surface area (Å²) < 4.78 is 0. The molecule has 0 aromatic heterocycles. The monoisotopic (exact) mass is 367 g/mol. The molecule has 1 aromatic carbocycles. The molecule has 0 radical (unpaired) electrons. The molecule has 0 saturated heterocycles. The van der Waals surface area contributed by atoms with E-state index in [0.29, 0.717) is 0 Å². The summed E-state index contributed by atoms with van der Waals surface area (Å²) in [6.07, 6.45) is -0.649. The van der Waals surface area contributed by atoms with E-state index in [1.165, 1.54) is 0 Å². The highest BCUT2D eigenvalue weighted by Gasteiger charge is 2.28. The summed E-state index contributed by atoms with van der Waals surface area (Å²) >= 11 is 0. The lowest BCUT2D eigenvalue weighted by Gasteiger charge is -2.21. The molecule has 0 aliphatic carbocycles. The molecule has 7 N–H and O–H groups in total. The standard InChI is InChI=1S/C16H21N3O7/c17-10(6-9-4-2-1-3-5-9)14(23)19-12(8-20)15(24)18-11(16(25)26)7-13(21)22/h1-5,10-12,20H,6-8,17H2,(H,18,24)(H,19,23)(H,21,22)(H,25,26). The number of nitrogens with two attached hydrogens (primary N) is 1. The van der Waals surface area contributed by atoms with Crippen LogP contribution in [0.2, 0.25) is 0 Å². The van der Waals surface area contributed by atoms with Gasteiger partial charge >= 0.3 is 11.9 Å². The summed E-state index contributed by atoms with van der Waals surface area (Å²) in [5, 5.41) is 31.0. The SMILES string of the molecule is NC(Cc1ccccc1)C(=O)NC(CO)C(=O)NC(CC(=O)O)C(=O)O. The van der Waals surface area contributed by atoms with Gasteiger partial charge in [0.25, 0.3) is 0 Å². The molecule has 1 aromatic rings. The van der Waals surface area contributed by atoms with Crippen LogP contribution in [0.3, 0.4) is 0 Å². The molecule has 0 aliphatic rings. The van der Waals surface area contributed by atoms with Gasteiger partial charge in [-0.05, 0) is 12.0 Å². The molecule has 0 spiro atoms. The molecule has 26 heavy (non-hydrogen) atoms. The van der Waals surface area contributed by atoms with Gasteiger partial charge in [0.2, 0.25) is 11.8 Å². The topological polar surface area (TPSA) is 179 Å². The predicted octanol–water partition coefficient (Wildman–Crippen LogP) is -1.92. The second kappa shape index (κ2) is 10.1. The zero-order valence-electron chi connectivity index (χ0n) is 13.8. The Morgan fingerprint density at radius 2 is 1.54 bits per heavy atom. The van der Waals surface area contributed by atoms with E-state index in [-0.39, 0.29) is 6.42 Å². The lowest BCUT2D eigenvalue weighted by atomic mass is 10.1. The molecular weight excluding hydrogens is 346 g/mol. The van der Waals surface area contributed by atoms with Gasteiger partial charge in [-0.25, -0.2) is 4.79 Å². The number of rotatable bonds is 10. The molecule has 3 unspecified atom stereocenters. The summed E-state index contributed by atoms with van der Waals surface area (Å²) in [5.74, 6) is -4.72. The van der Waals surface area contributed by atoms with Crippen LogP contribution in [0.15, 0.2) is 30.3 Å². The summed E-state index contributed by atoms with van der Waals surface area (Å²) in [5.41, 5.74) is 6.57. The Morgan fingerprint density at radius 1 is 0.962 bits per heavy atom. The zero-order chi connectivity index (χ0) is 19.7. The molecule has 0 saturated carbocycles. The van der Waals surface area contributed by atoms with Crippen LogP contribution in [0.25, 0.3) is 0 Å². The van der Waals surface area contributed by atoms with E-state index in [4.69, 9.17) is 15.9 Å². The number of amides is 2. The normalized spacial score (nSPS) is 13.9. The average molecular weight is 367 g/mol. The maximum Gasteiger partial charge on any atom is 0.326 e. The number of hydrogen-bond donors (Lipinski definition) is 6. The number of carbonyl (C=O) groups is 4. The van der Waals surface area contributed by atoms with Gasteiger partial charge in [0.05, 0.1) is 19.1 Å². The highest BCUT2D eigenvalue weighted by Crippen LogP contribution is 2.02. The number of hydrogen-bond acceptors (Lipinski definition) is 6. The molecule has 2 amide bonds. The number of aliphatic hydroxyl groups excluding tert-OH is 1. The van der Waals surface area contributed by atoms with Crippen LogP contribution in [-0.4, -0.2) is 63.8 Å². The van der Waals surface area contributed by atoms with Gasteiger partial charge in [0, 0.05) is 0 Å². The van der Waals surface area contributed by atoms with Gasteiger partial charge < -0.3 is 31.7 Å². The highest BCUT2D eigenvalue weighted by molar-refractivity contribution is 5.92. The van der Waals surface area contributed by atoms with Crippen LogP contribution in [-0.2, 0) is 25.6 Å². The number of benzene rings is 1. The van der Waals surface area contributed by atoms with Crippen LogP contribution in [0.5, 0.6) is 0 Å². The summed E-state index contributed by atoms with van der Waals surface area (Å²) in [7, 11) is 0. The van der Waals surface area contributed by atoms with Gasteiger partial charge in [0.1, 0.15) is 12.1 Å². The summed E-state index contributed by atoms with van der Waals surface area (Å²) in [4.78, 5) is 45.7. The Kier molecular flexibility index (Phi) is 8.19. The Hall–Kier alpha value is -2.98. The fourth-order valence-corrected chi connectivity index (χ4v) is 2.08. The van der Waals surface area contributed by atoms with Crippen LogP contribution in [0, 0.1) is 0 Å². The minimum absolute atomic E-state index is 0.198. The van der Waals surface area contributed by atoms with E-state index in [9.17, 15) is 24.3 Å². The number of nitrogens with one attached hydrogen (secondary N) is 2. The highest BCUT2D eigenvalue weighted by atomic mass is 16.4. The minimum Gasteiger partial charge on any atom is -0.481 e. The van der Waals surface area contributed by atoms with E-state index in [2.05, 4.69) is 5.32 Å². The maximum atomic E-state index is 12.1. The molecule has 0 bridgehead atoms. The first kappa shape index (κ1) is 21.1. The Morgan fingerprint density at radius 3 is 2.04 bits per heavy atom. The van der Waals surface area contributed by atoms with Crippen molar-refractivity contribution < 1.29 is 34.5 Å². The van der Waals surface area contributed by atoms with Gasteiger partial charge in [-0.15, -0.1) is 0 Å². The van der Waals surface area contributed by atoms with Crippen molar-refractivity contribution >= 4 is 23.8 Å². The van der Waals surface area contributed by atoms with Crippen molar-refractivity contribution in [3.8, 4) is 0 Å². The third-order valence-electron chi connectivity index (χ3n) is 3.44. The van der Waals surface area contributed by atoms with Gasteiger partial charge in [-0.3, -0.25) is 14.4 Å². The van der Waals surface area contributed by atoms with E-state index >= 15 is 0 Å². The Labute approximate surface area is 149 Å². The van der Waals surface area contributed by atoms with E-state index in [0.717, 1.165) is 5.56 Å². The number of carboxylic acid groups (broad SMARTS) is 2. The minimum atomic E-state index is -1.69. The number of carboxylic acids is 2. The van der Waals surface area contributed by atoms with Crippen LogP contribution in [0.4, 0.5) is 0 Å². The molecule has 10 nitrogen and oxygen atoms in total. The van der Waals surface area contributed by atoms with Crippen molar-refractivity contribution in [1.29, 1.82) is 0 Å². The quantitative estimate of drug-likeness (QED) is 0.277. The maximum absolute atomic E-state index is 12.1. The van der Waals surface area contributed by atoms with Crippen molar-refractivity contribution in [2.75, 3.05) is 6.61 Å². The first-order chi connectivity index (χ1) is 12.2. The van der Waals surface area contributed by atoms with Crippen LogP contribution >= 0.6 is 0 Å². The first-order valence-electron chi connectivity index (χ1n) is 7.70. The van der Waals surface area contributed by atoms with E-state index in [1.807, 2.05) is 5.32 Å². The Bertz CT molecular complexity index is 651. The van der Waals surface area contributed by atoms with Crippen molar-refractivity contribution in [3.63, 3.8) is 0 Å².